The molecule has 5 heteroatoms. The molecule has 0 amide bonds. The van der Waals surface area contributed by atoms with E-state index in [-0.39, 0.29) is 39.2 Å². The SMILES string of the molecule is CC(C)(C)c1cccc(N2c3cc(C(C)(C)C)ccc3B3c4sc5ccc(C(C)(C)C)cc5c4N(c4ccc5c(c4)C(C)(C)CC5(C)C)c4nc(C(C)(C)C)cc2c43)c1. The Morgan fingerprint density at radius 1 is 0.576 bits per heavy atom. The number of hydrogen-bond acceptors (Lipinski definition) is 4. The van der Waals surface area contributed by atoms with Crippen LogP contribution in [-0.2, 0) is 32.5 Å². The maximum absolute atomic E-state index is 5.87. The number of thiophene rings is 1. The van der Waals surface area contributed by atoms with Crippen LogP contribution in [-0.4, -0.2) is 11.7 Å². The number of aromatic nitrogens is 1. The van der Waals surface area contributed by atoms with Crippen LogP contribution >= 0.6 is 11.3 Å². The second kappa shape index (κ2) is 12.6. The molecule has 0 atom stereocenters. The number of nitrogens with zero attached hydrogens (tertiary/aromatic N) is 3. The summed E-state index contributed by atoms with van der Waals surface area (Å²) in [4.78, 5) is 11.0. The second-order valence-corrected chi connectivity index (χ2v) is 24.5. The molecule has 0 spiro atoms. The molecule has 0 radical (unpaired) electrons. The van der Waals surface area contributed by atoms with Crippen molar-refractivity contribution in [1.82, 2.24) is 4.98 Å². The number of anilines is 6. The summed E-state index contributed by atoms with van der Waals surface area (Å²) in [6, 6.07) is 33.7. The molecule has 0 N–H and O–H groups in total. The summed E-state index contributed by atoms with van der Waals surface area (Å²) in [5, 5.41) is 1.32. The summed E-state index contributed by atoms with van der Waals surface area (Å²) in [5.74, 6) is 1.06. The molecule has 2 aromatic heterocycles. The third kappa shape index (κ3) is 6.31. The minimum atomic E-state index is -0.195. The molecule has 2 aliphatic heterocycles. The quantitative estimate of drug-likeness (QED) is 0.162. The molecule has 3 aliphatic rings. The maximum Gasteiger partial charge on any atom is 0.266 e. The molecule has 0 bridgehead atoms. The van der Waals surface area contributed by atoms with Crippen LogP contribution in [0.2, 0.25) is 0 Å². The van der Waals surface area contributed by atoms with Crippen molar-refractivity contribution >= 4 is 78.1 Å². The smallest absolute Gasteiger partial charge is 0.266 e. The molecule has 4 heterocycles. The van der Waals surface area contributed by atoms with Gasteiger partial charge in [0.2, 0.25) is 0 Å². The average molecular weight is 798 g/mol. The Morgan fingerprint density at radius 2 is 1.19 bits per heavy atom. The highest BCUT2D eigenvalue weighted by Gasteiger charge is 2.48. The highest BCUT2D eigenvalue weighted by Crippen LogP contribution is 2.53. The van der Waals surface area contributed by atoms with Crippen LogP contribution in [0.25, 0.3) is 10.1 Å². The normalized spacial score (nSPS) is 16.9. The van der Waals surface area contributed by atoms with Gasteiger partial charge in [-0.05, 0) is 121 Å². The predicted molar refractivity (Wildman–Crippen MR) is 259 cm³/mol. The van der Waals surface area contributed by atoms with Gasteiger partial charge in [-0.25, -0.2) is 4.98 Å². The van der Waals surface area contributed by atoms with E-state index < -0.39 is 0 Å². The number of hydrogen-bond donors (Lipinski definition) is 0. The third-order valence-corrected chi connectivity index (χ3v) is 14.8. The van der Waals surface area contributed by atoms with Gasteiger partial charge in [0.15, 0.2) is 0 Å². The van der Waals surface area contributed by atoms with E-state index in [0.717, 1.165) is 17.9 Å². The summed E-state index contributed by atoms with van der Waals surface area (Å²) in [5.41, 5.74) is 16.9. The van der Waals surface area contributed by atoms with E-state index in [0.29, 0.717) is 0 Å². The van der Waals surface area contributed by atoms with Crippen molar-refractivity contribution in [3.63, 3.8) is 0 Å². The Kier molecular flexibility index (Phi) is 8.56. The van der Waals surface area contributed by atoms with Gasteiger partial charge in [-0.15, -0.1) is 11.3 Å². The molecule has 0 saturated heterocycles. The van der Waals surface area contributed by atoms with Crippen LogP contribution in [0.5, 0.6) is 0 Å². The van der Waals surface area contributed by atoms with E-state index in [1.807, 2.05) is 11.3 Å². The molecule has 0 unspecified atom stereocenters. The van der Waals surface area contributed by atoms with Crippen molar-refractivity contribution in [2.24, 2.45) is 0 Å². The summed E-state index contributed by atoms with van der Waals surface area (Å²) >= 11 is 1.98. The zero-order valence-corrected chi connectivity index (χ0v) is 39.4. The first kappa shape index (κ1) is 40.1. The van der Waals surface area contributed by atoms with Crippen molar-refractivity contribution in [2.75, 3.05) is 9.80 Å². The summed E-state index contributed by atoms with van der Waals surface area (Å²) in [6.07, 6.45) is 1.13. The maximum atomic E-state index is 5.87. The number of fused-ring (bicyclic) bond motifs is 7. The van der Waals surface area contributed by atoms with Crippen LogP contribution in [0, 0.1) is 0 Å². The lowest BCUT2D eigenvalue weighted by molar-refractivity contribution is 0.403. The predicted octanol–water partition coefficient (Wildman–Crippen LogP) is 13.5. The minimum absolute atomic E-state index is 0.00323. The molecule has 59 heavy (non-hydrogen) atoms. The number of pyridine rings is 1. The molecule has 0 fully saturated rings. The third-order valence-electron chi connectivity index (χ3n) is 13.6. The molecule has 1 aliphatic carbocycles. The van der Waals surface area contributed by atoms with Crippen LogP contribution in [0.1, 0.15) is 151 Å². The Morgan fingerprint density at radius 3 is 1.85 bits per heavy atom. The fraction of sp³-hybridized carbons (Fsp3) is 0.426. The zero-order valence-electron chi connectivity index (χ0n) is 38.6. The molecule has 9 rings (SSSR count). The van der Waals surface area contributed by atoms with E-state index in [1.165, 1.54) is 82.0 Å². The Hall–Kier alpha value is -4.35. The zero-order chi connectivity index (χ0) is 42.6. The van der Waals surface area contributed by atoms with E-state index in [1.54, 1.807) is 0 Å². The highest BCUT2D eigenvalue weighted by molar-refractivity contribution is 7.33. The van der Waals surface area contributed by atoms with Crippen LogP contribution < -0.4 is 25.5 Å². The first-order valence-electron chi connectivity index (χ1n) is 21.9. The van der Waals surface area contributed by atoms with Gasteiger partial charge in [0, 0.05) is 43.0 Å². The second-order valence-electron chi connectivity index (χ2n) is 23.4. The summed E-state index contributed by atoms with van der Waals surface area (Å²) in [6.45, 7) is 37.7. The van der Waals surface area contributed by atoms with Gasteiger partial charge in [-0.3, -0.25) is 4.90 Å². The lowest BCUT2D eigenvalue weighted by Crippen LogP contribution is -2.61. The first-order chi connectivity index (χ1) is 27.3. The van der Waals surface area contributed by atoms with Crippen LogP contribution in [0.15, 0.2) is 84.9 Å². The fourth-order valence-electron chi connectivity index (χ4n) is 10.4. The monoisotopic (exact) mass is 797 g/mol. The van der Waals surface area contributed by atoms with E-state index in [9.17, 15) is 0 Å². The molecule has 4 aromatic carbocycles. The lowest BCUT2D eigenvalue weighted by Gasteiger charge is -2.44. The number of rotatable bonds is 2. The van der Waals surface area contributed by atoms with Gasteiger partial charge in [0.1, 0.15) is 5.82 Å². The Labute approximate surface area is 359 Å². The van der Waals surface area contributed by atoms with Gasteiger partial charge >= 0.3 is 0 Å². The average Bonchev–Trinajstić information content (AvgIpc) is 3.59. The molecule has 304 valence electrons. The molecule has 3 nitrogen and oxygen atoms in total. The van der Waals surface area contributed by atoms with Crippen LogP contribution in [0.4, 0.5) is 34.3 Å². The molecule has 6 aromatic rings. The fourth-order valence-corrected chi connectivity index (χ4v) is 11.7. The van der Waals surface area contributed by atoms with E-state index in [2.05, 4.69) is 206 Å². The Bertz CT molecular complexity index is 2700. The van der Waals surface area contributed by atoms with Crippen molar-refractivity contribution in [2.45, 2.75) is 150 Å². The molecular weight excluding hydrogens is 733 g/mol. The van der Waals surface area contributed by atoms with Crippen LogP contribution in [0.3, 0.4) is 0 Å². The van der Waals surface area contributed by atoms with Crippen molar-refractivity contribution in [3.8, 4) is 0 Å². The molecule has 0 saturated carbocycles. The van der Waals surface area contributed by atoms with Gasteiger partial charge in [-0.2, -0.15) is 0 Å². The minimum Gasteiger partial charge on any atom is -0.311 e. The van der Waals surface area contributed by atoms with Gasteiger partial charge in [0.25, 0.3) is 6.71 Å². The van der Waals surface area contributed by atoms with Gasteiger partial charge in [0.05, 0.1) is 11.4 Å². The molecular formula is C54H64BN3S. The standard InChI is InChI=1S/C54H64BN3S/c1-49(2,3)32-18-17-19-35(26-32)57-41-28-34(51(7,8)9)20-24-40(41)55-45-42(57)30-44(52(10,11)12)56-48(45)58(36-22-23-38-39(29-36)54(15,16)31-53(38,13)14)46-37-27-33(50(4,5)6)21-25-43(37)59-47(46)55/h17-30H,31H2,1-16H3. The van der Waals surface area contributed by atoms with Crippen molar-refractivity contribution in [1.29, 1.82) is 0 Å². The number of benzene rings is 4. The van der Waals surface area contributed by atoms with Gasteiger partial charge < -0.3 is 4.90 Å². The van der Waals surface area contributed by atoms with Crippen molar-refractivity contribution in [3.05, 3.63) is 118 Å². The van der Waals surface area contributed by atoms with E-state index in [4.69, 9.17) is 4.98 Å². The first-order valence-corrected chi connectivity index (χ1v) is 22.7. The van der Waals surface area contributed by atoms with Crippen molar-refractivity contribution < 1.29 is 0 Å². The summed E-state index contributed by atoms with van der Waals surface area (Å²) < 4.78 is 2.73. The highest BCUT2D eigenvalue weighted by atomic mass is 32.1. The van der Waals surface area contributed by atoms with E-state index >= 15 is 0 Å². The summed E-state index contributed by atoms with van der Waals surface area (Å²) in [7, 11) is 0. The Balaban J connectivity index is 1.44. The largest absolute Gasteiger partial charge is 0.311 e. The topological polar surface area (TPSA) is 19.4 Å². The lowest BCUT2D eigenvalue weighted by atomic mass is 9.36. The van der Waals surface area contributed by atoms with Gasteiger partial charge in [-0.1, -0.05) is 147 Å².